The topological polar surface area (TPSA) is 155 Å². The van der Waals surface area contributed by atoms with Crippen LogP contribution >= 0.6 is 0 Å². The number of nitrogens with zero attached hydrogens (tertiary/aromatic N) is 3. The van der Waals surface area contributed by atoms with Gasteiger partial charge >= 0.3 is 6.03 Å². The lowest BCUT2D eigenvalue weighted by Crippen LogP contribution is -2.52. The number of carbonyl (C=O) groups excluding carboxylic acids is 2. The number of ether oxygens (including phenoxy) is 1. The standard InChI is InChI=1S/C30H40N8O3/c31-13-3-14-33-29(39)20-41-26-6-1-5-25(16-26)37-15-2-4-23(19-37)34-30(40)38(24-11-12-24)18-21-7-9-22(10-8-21)27-17-28(32)36-35-27/h1,5-10,16-17,23-24H,2-4,11-15,18-20,31H2,(H,33,39)(H,34,40)(H3,32,35,36)/t23-/m1/s1. The third-order valence-corrected chi connectivity index (χ3v) is 7.47. The zero-order valence-corrected chi connectivity index (χ0v) is 23.4. The maximum Gasteiger partial charge on any atom is 0.318 e. The van der Waals surface area contributed by atoms with E-state index in [4.69, 9.17) is 16.2 Å². The van der Waals surface area contributed by atoms with Crippen molar-refractivity contribution in [3.63, 3.8) is 0 Å². The molecule has 7 N–H and O–H groups in total. The van der Waals surface area contributed by atoms with Crippen LogP contribution in [0.4, 0.5) is 16.3 Å². The predicted octanol–water partition coefficient (Wildman–Crippen LogP) is 2.85. The minimum Gasteiger partial charge on any atom is -0.484 e. The van der Waals surface area contributed by atoms with Crippen LogP contribution < -0.4 is 31.7 Å². The van der Waals surface area contributed by atoms with Crippen LogP contribution in [0.5, 0.6) is 5.75 Å². The van der Waals surface area contributed by atoms with Gasteiger partial charge in [0.2, 0.25) is 0 Å². The summed E-state index contributed by atoms with van der Waals surface area (Å²) < 4.78 is 5.72. The number of H-pyrrole nitrogens is 1. The minimum atomic E-state index is -0.163. The second-order valence-corrected chi connectivity index (χ2v) is 10.8. The molecule has 0 bridgehead atoms. The molecule has 1 aliphatic heterocycles. The highest BCUT2D eigenvalue weighted by Crippen LogP contribution is 2.30. The number of urea groups is 1. The molecule has 2 fully saturated rings. The molecule has 1 atom stereocenters. The van der Waals surface area contributed by atoms with Crippen LogP contribution in [0.2, 0.25) is 0 Å². The molecule has 0 unspecified atom stereocenters. The Hall–Kier alpha value is -4.25. The summed E-state index contributed by atoms with van der Waals surface area (Å²) in [5.74, 6) is 0.940. The Morgan fingerprint density at radius 1 is 1.12 bits per heavy atom. The fourth-order valence-corrected chi connectivity index (χ4v) is 5.11. The first-order chi connectivity index (χ1) is 20.0. The van der Waals surface area contributed by atoms with Crippen molar-refractivity contribution in [1.29, 1.82) is 0 Å². The van der Waals surface area contributed by atoms with Gasteiger partial charge in [0.15, 0.2) is 6.61 Å². The predicted molar refractivity (Wildman–Crippen MR) is 159 cm³/mol. The first kappa shape index (κ1) is 28.3. The average molecular weight is 561 g/mol. The SMILES string of the molecule is NCCCNC(=O)COc1cccc(N2CCC[C@@H](NC(=O)N(Cc3ccc(-c4cc(N)n[nH]4)cc3)C3CC3)C2)c1. The number of piperidine rings is 1. The van der Waals surface area contributed by atoms with E-state index in [0.717, 1.165) is 67.7 Å². The Balaban J connectivity index is 1.15. The third-order valence-electron chi connectivity index (χ3n) is 7.47. The van der Waals surface area contributed by atoms with E-state index in [1.165, 1.54) is 0 Å². The van der Waals surface area contributed by atoms with Crippen LogP contribution in [0, 0.1) is 0 Å². The Labute approximate surface area is 240 Å². The number of aromatic amines is 1. The molecule has 5 rings (SSSR count). The maximum atomic E-state index is 13.4. The van der Waals surface area contributed by atoms with E-state index < -0.39 is 0 Å². The first-order valence-electron chi connectivity index (χ1n) is 14.4. The fraction of sp³-hybridized carbons (Fsp3) is 0.433. The van der Waals surface area contributed by atoms with E-state index in [1.54, 1.807) is 6.07 Å². The molecule has 11 heteroatoms. The van der Waals surface area contributed by atoms with Crippen LogP contribution in [-0.4, -0.2) is 71.9 Å². The van der Waals surface area contributed by atoms with Gasteiger partial charge in [0.25, 0.3) is 5.91 Å². The Morgan fingerprint density at radius 2 is 1.95 bits per heavy atom. The van der Waals surface area contributed by atoms with Gasteiger partial charge < -0.3 is 36.6 Å². The van der Waals surface area contributed by atoms with E-state index in [-0.39, 0.29) is 30.6 Å². The molecule has 0 radical (unpaired) electrons. The molecular formula is C30H40N8O3. The molecule has 41 heavy (non-hydrogen) atoms. The van der Waals surface area contributed by atoms with Gasteiger partial charge in [-0.25, -0.2) is 4.79 Å². The Bertz CT molecular complexity index is 1310. The number of hydrogen-bond donors (Lipinski definition) is 5. The molecule has 218 valence electrons. The minimum absolute atomic E-state index is 0.0116. The number of amides is 3. The maximum absolute atomic E-state index is 13.4. The number of hydrogen-bond acceptors (Lipinski definition) is 7. The normalized spacial score (nSPS) is 16.7. The third kappa shape index (κ3) is 7.91. The molecule has 11 nitrogen and oxygen atoms in total. The largest absolute Gasteiger partial charge is 0.484 e. The Morgan fingerprint density at radius 3 is 2.68 bits per heavy atom. The average Bonchev–Trinajstić information content (AvgIpc) is 3.74. The smallest absolute Gasteiger partial charge is 0.318 e. The summed E-state index contributed by atoms with van der Waals surface area (Å²) in [6.07, 6.45) is 4.72. The quantitative estimate of drug-likeness (QED) is 0.213. The van der Waals surface area contributed by atoms with Crippen molar-refractivity contribution in [2.45, 2.75) is 50.7 Å². The molecule has 2 heterocycles. The zero-order valence-electron chi connectivity index (χ0n) is 23.4. The monoisotopic (exact) mass is 560 g/mol. The summed E-state index contributed by atoms with van der Waals surface area (Å²) in [4.78, 5) is 29.7. The van der Waals surface area contributed by atoms with Crippen molar-refractivity contribution in [3.05, 3.63) is 60.2 Å². The number of anilines is 2. The fourth-order valence-electron chi connectivity index (χ4n) is 5.11. The van der Waals surface area contributed by atoms with Gasteiger partial charge in [0, 0.05) is 56.1 Å². The number of nitrogen functional groups attached to an aromatic ring is 1. The van der Waals surface area contributed by atoms with Crippen LogP contribution in [0.1, 0.15) is 37.7 Å². The van der Waals surface area contributed by atoms with Crippen molar-refractivity contribution in [2.75, 3.05) is 43.4 Å². The first-order valence-corrected chi connectivity index (χ1v) is 14.4. The second-order valence-electron chi connectivity index (χ2n) is 10.8. The van der Waals surface area contributed by atoms with Crippen LogP contribution in [-0.2, 0) is 11.3 Å². The van der Waals surface area contributed by atoms with Crippen LogP contribution in [0.25, 0.3) is 11.3 Å². The zero-order chi connectivity index (χ0) is 28.6. The highest BCUT2D eigenvalue weighted by Gasteiger charge is 2.34. The van der Waals surface area contributed by atoms with Gasteiger partial charge in [-0.15, -0.1) is 0 Å². The number of carbonyl (C=O) groups is 2. The van der Waals surface area contributed by atoms with E-state index in [9.17, 15) is 9.59 Å². The van der Waals surface area contributed by atoms with Gasteiger partial charge in [-0.2, -0.15) is 5.10 Å². The molecular weight excluding hydrogens is 520 g/mol. The van der Waals surface area contributed by atoms with Gasteiger partial charge in [0.05, 0.1) is 5.69 Å². The molecule has 1 aromatic heterocycles. The summed E-state index contributed by atoms with van der Waals surface area (Å²) in [7, 11) is 0. The molecule has 3 aromatic rings. The lowest BCUT2D eigenvalue weighted by atomic mass is 10.0. The van der Waals surface area contributed by atoms with Crippen LogP contribution in [0.15, 0.2) is 54.6 Å². The van der Waals surface area contributed by atoms with Crippen LogP contribution in [0.3, 0.4) is 0 Å². The van der Waals surface area contributed by atoms with Gasteiger partial charge in [-0.3, -0.25) is 9.89 Å². The van der Waals surface area contributed by atoms with Gasteiger partial charge in [-0.05, 0) is 61.9 Å². The second kappa shape index (κ2) is 13.4. The van der Waals surface area contributed by atoms with Gasteiger partial charge in [0.1, 0.15) is 11.6 Å². The lowest BCUT2D eigenvalue weighted by Gasteiger charge is -2.36. The number of benzene rings is 2. The Kier molecular flexibility index (Phi) is 9.25. The number of aromatic nitrogens is 2. The van der Waals surface area contributed by atoms with Crippen molar-refractivity contribution >= 4 is 23.4 Å². The molecule has 1 aliphatic carbocycles. The molecule has 1 saturated heterocycles. The van der Waals surface area contributed by atoms with Crippen molar-refractivity contribution in [2.24, 2.45) is 5.73 Å². The summed E-state index contributed by atoms with van der Waals surface area (Å²) >= 11 is 0. The summed E-state index contributed by atoms with van der Waals surface area (Å²) in [6.45, 7) is 3.23. The summed E-state index contributed by atoms with van der Waals surface area (Å²) in [5.41, 5.74) is 15.2. The molecule has 3 amide bonds. The van der Waals surface area contributed by atoms with Crippen molar-refractivity contribution < 1.29 is 14.3 Å². The highest BCUT2D eigenvalue weighted by atomic mass is 16.5. The van der Waals surface area contributed by atoms with E-state index in [2.05, 4.69) is 37.9 Å². The van der Waals surface area contributed by atoms with Crippen molar-refractivity contribution in [1.82, 2.24) is 25.7 Å². The molecule has 2 aromatic carbocycles. The number of nitrogens with two attached hydrogens (primary N) is 2. The number of rotatable bonds is 12. The lowest BCUT2D eigenvalue weighted by molar-refractivity contribution is -0.123. The van der Waals surface area contributed by atoms with E-state index in [1.807, 2.05) is 41.3 Å². The molecule has 0 spiro atoms. The summed E-state index contributed by atoms with van der Waals surface area (Å²) in [6, 6.07) is 18.0. The van der Waals surface area contributed by atoms with Crippen molar-refractivity contribution in [3.8, 4) is 17.0 Å². The highest BCUT2D eigenvalue weighted by molar-refractivity contribution is 5.77. The summed E-state index contributed by atoms with van der Waals surface area (Å²) in [5, 5.41) is 13.0. The molecule has 2 aliphatic rings. The van der Waals surface area contributed by atoms with E-state index in [0.29, 0.717) is 31.2 Å². The number of nitrogens with one attached hydrogen (secondary N) is 3. The van der Waals surface area contributed by atoms with E-state index >= 15 is 0 Å². The molecule has 1 saturated carbocycles. The van der Waals surface area contributed by atoms with Gasteiger partial charge in [-0.1, -0.05) is 30.3 Å².